The summed E-state index contributed by atoms with van der Waals surface area (Å²) in [7, 11) is 0. The Balaban J connectivity index is 1.76. The molecule has 0 N–H and O–H groups in total. The molecule has 0 aromatic heterocycles. The largest absolute Gasteiger partial charge is 0.458 e. The van der Waals surface area contributed by atoms with Crippen molar-refractivity contribution in [1.29, 1.82) is 5.26 Å². The van der Waals surface area contributed by atoms with E-state index >= 15 is 0 Å². The molecular formula is C19H27NO4. The number of hydrogen-bond acceptors (Lipinski definition) is 5. The summed E-state index contributed by atoms with van der Waals surface area (Å²) < 4.78 is 11.3. The molecule has 2 saturated carbocycles. The average molecular weight is 333 g/mol. The number of ether oxygens (including phenoxy) is 2. The van der Waals surface area contributed by atoms with Gasteiger partial charge in [0, 0.05) is 11.8 Å². The fourth-order valence-electron chi connectivity index (χ4n) is 5.07. The van der Waals surface area contributed by atoms with E-state index in [0.29, 0.717) is 12.8 Å². The van der Waals surface area contributed by atoms with E-state index in [0.717, 1.165) is 12.8 Å². The molecule has 0 radical (unpaired) electrons. The predicted molar refractivity (Wildman–Crippen MR) is 86.5 cm³/mol. The van der Waals surface area contributed by atoms with Crippen molar-refractivity contribution < 1.29 is 19.1 Å². The Morgan fingerprint density at radius 2 is 2.08 bits per heavy atom. The zero-order chi connectivity index (χ0) is 17.9. The van der Waals surface area contributed by atoms with Crippen LogP contribution in [0.1, 0.15) is 60.3 Å². The molecule has 0 aromatic rings. The van der Waals surface area contributed by atoms with E-state index in [9.17, 15) is 14.9 Å². The third-order valence-corrected chi connectivity index (χ3v) is 6.20. The summed E-state index contributed by atoms with van der Waals surface area (Å²) in [6.45, 7) is 10.3. The Labute approximate surface area is 143 Å². The van der Waals surface area contributed by atoms with Crippen molar-refractivity contribution in [2.45, 2.75) is 72.5 Å². The van der Waals surface area contributed by atoms with Gasteiger partial charge in [0.25, 0.3) is 0 Å². The van der Waals surface area contributed by atoms with Crippen LogP contribution in [-0.4, -0.2) is 24.1 Å². The highest BCUT2D eigenvalue weighted by molar-refractivity contribution is 5.84. The van der Waals surface area contributed by atoms with Crippen molar-refractivity contribution in [3.8, 4) is 6.07 Å². The maximum atomic E-state index is 12.9. The van der Waals surface area contributed by atoms with Gasteiger partial charge in [-0.1, -0.05) is 27.7 Å². The number of hydrogen-bond donors (Lipinski definition) is 0. The SMILES string of the molecule is CCC(C)(CC(C)(C)C)C(=O)OC1C2CC3C1OC(=O)C3(C#N)C2. The van der Waals surface area contributed by atoms with Crippen molar-refractivity contribution in [3.05, 3.63) is 0 Å². The van der Waals surface area contributed by atoms with Crippen molar-refractivity contribution >= 4 is 11.9 Å². The molecule has 2 aliphatic carbocycles. The first-order valence-corrected chi connectivity index (χ1v) is 8.90. The van der Waals surface area contributed by atoms with Gasteiger partial charge in [-0.2, -0.15) is 5.26 Å². The maximum Gasteiger partial charge on any atom is 0.327 e. The summed E-state index contributed by atoms with van der Waals surface area (Å²) >= 11 is 0. The Morgan fingerprint density at radius 3 is 2.62 bits per heavy atom. The summed E-state index contributed by atoms with van der Waals surface area (Å²) in [5.74, 6) is -0.684. The number of carbonyl (C=O) groups is 2. The number of carbonyl (C=O) groups excluding carboxylic acids is 2. The summed E-state index contributed by atoms with van der Waals surface area (Å²) in [5, 5.41) is 9.44. The molecule has 24 heavy (non-hydrogen) atoms. The summed E-state index contributed by atoms with van der Waals surface area (Å²) in [6, 6.07) is 2.18. The minimum absolute atomic E-state index is 0.0221. The number of esters is 2. The average Bonchev–Trinajstić information content (AvgIpc) is 3.07. The molecule has 6 atom stereocenters. The van der Waals surface area contributed by atoms with Crippen LogP contribution >= 0.6 is 0 Å². The number of fused-ring (bicyclic) bond motifs is 1. The van der Waals surface area contributed by atoms with Crippen LogP contribution in [-0.2, 0) is 19.1 Å². The molecule has 5 nitrogen and oxygen atoms in total. The fraction of sp³-hybridized carbons (Fsp3) is 0.842. The van der Waals surface area contributed by atoms with E-state index in [4.69, 9.17) is 9.47 Å². The lowest BCUT2D eigenvalue weighted by Crippen LogP contribution is -2.43. The number of rotatable bonds is 4. The van der Waals surface area contributed by atoms with E-state index in [1.807, 2.05) is 13.8 Å². The third-order valence-electron chi connectivity index (χ3n) is 6.20. The Hall–Kier alpha value is -1.57. The first-order valence-electron chi connectivity index (χ1n) is 8.90. The van der Waals surface area contributed by atoms with Gasteiger partial charge in [-0.25, -0.2) is 0 Å². The van der Waals surface area contributed by atoms with Crippen LogP contribution < -0.4 is 0 Å². The molecule has 0 spiro atoms. The van der Waals surface area contributed by atoms with E-state index in [-0.39, 0.29) is 29.3 Å². The smallest absolute Gasteiger partial charge is 0.327 e. The van der Waals surface area contributed by atoms with Gasteiger partial charge in [0.15, 0.2) is 5.41 Å². The lowest BCUT2D eigenvalue weighted by atomic mass is 9.73. The molecule has 132 valence electrons. The van der Waals surface area contributed by atoms with Crippen LogP contribution in [0, 0.1) is 39.4 Å². The van der Waals surface area contributed by atoms with Crippen molar-refractivity contribution in [3.63, 3.8) is 0 Å². The molecule has 1 saturated heterocycles. The third kappa shape index (κ3) is 2.34. The second kappa shape index (κ2) is 5.21. The minimum Gasteiger partial charge on any atom is -0.458 e. The molecule has 3 fully saturated rings. The fourth-order valence-corrected chi connectivity index (χ4v) is 5.07. The molecule has 3 aliphatic rings. The lowest BCUT2D eigenvalue weighted by Gasteiger charge is -2.35. The molecule has 3 rings (SSSR count). The highest BCUT2D eigenvalue weighted by atomic mass is 16.6. The maximum absolute atomic E-state index is 12.9. The van der Waals surface area contributed by atoms with E-state index in [1.165, 1.54) is 0 Å². The quantitative estimate of drug-likeness (QED) is 0.738. The molecule has 0 amide bonds. The summed E-state index contributed by atoms with van der Waals surface area (Å²) in [6.07, 6.45) is 1.82. The standard InChI is InChI=1S/C19H27NO4/c1-6-18(5,9-17(2,3)4)15(21)23-13-11-7-12-14(13)24-16(22)19(12,8-11)10-20/h11-14H,6-9H2,1-5H3. The van der Waals surface area contributed by atoms with Crippen LogP contribution in [0.5, 0.6) is 0 Å². The van der Waals surface area contributed by atoms with E-state index < -0.39 is 22.9 Å². The molecule has 5 heteroatoms. The highest BCUT2D eigenvalue weighted by Gasteiger charge is 2.72. The Bertz CT molecular complexity index is 616. The van der Waals surface area contributed by atoms with E-state index in [1.54, 1.807) is 0 Å². The number of nitriles is 1. The van der Waals surface area contributed by atoms with Gasteiger partial charge in [0.2, 0.25) is 0 Å². The molecule has 0 aromatic carbocycles. The summed E-state index contributed by atoms with van der Waals surface area (Å²) in [5.41, 5.74) is -1.51. The van der Waals surface area contributed by atoms with Crippen molar-refractivity contribution in [1.82, 2.24) is 0 Å². The Kier molecular flexibility index (Phi) is 3.75. The molecular weight excluding hydrogens is 306 g/mol. The Morgan fingerprint density at radius 1 is 1.42 bits per heavy atom. The van der Waals surface area contributed by atoms with Gasteiger partial charge in [0.05, 0.1) is 11.5 Å². The van der Waals surface area contributed by atoms with Gasteiger partial charge in [-0.3, -0.25) is 9.59 Å². The predicted octanol–water partition coefficient (Wildman–Crippen LogP) is 3.23. The van der Waals surface area contributed by atoms with Gasteiger partial charge < -0.3 is 9.47 Å². The first kappa shape index (κ1) is 17.3. The minimum atomic E-state index is -0.988. The number of nitrogens with zero attached hydrogens (tertiary/aromatic N) is 1. The van der Waals surface area contributed by atoms with Crippen LogP contribution in [0.2, 0.25) is 0 Å². The lowest BCUT2D eigenvalue weighted by molar-refractivity contribution is -0.173. The zero-order valence-corrected chi connectivity index (χ0v) is 15.2. The molecule has 1 aliphatic heterocycles. The van der Waals surface area contributed by atoms with Crippen molar-refractivity contribution in [2.75, 3.05) is 0 Å². The first-order chi connectivity index (χ1) is 11.1. The highest BCUT2D eigenvalue weighted by Crippen LogP contribution is 2.62. The summed E-state index contributed by atoms with van der Waals surface area (Å²) in [4.78, 5) is 25.0. The van der Waals surface area contributed by atoms with Crippen LogP contribution in [0.4, 0.5) is 0 Å². The second-order valence-electron chi connectivity index (χ2n) is 9.28. The zero-order valence-electron chi connectivity index (χ0n) is 15.2. The van der Waals surface area contributed by atoms with Crippen LogP contribution in [0.25, 0.3) is 0 Å². The van der Waals surface area contributed by atoms with Gasteiger partial charge in [0.1, 0.15) is 12.2 Å². The van der Waals surface area contributed by atoms with Gasteiger partial charge >= 0.3 is 11.9 Å². The van der Waals surface area contributed by atoms with Gasteiger partial charge in [-0.15, -0.1) is 0 Å². The van der Waals surface area contributed by atoms with Crippen LogP contribution in [0.15, 0.2) is 0 Å². The van der Waals surface area contributed by atoms with E-state index in [2.05, 4.69) is 26.8 Å². The van der Waals surface area contributed by atoms with Crippen LogP contribution in [0.3, 0.4) is 0 Å². The molecule has 6 unspecified atom stereocenters. The molecule has 2 bridgehead atoms. The topological polar surface area (TPSA) is 76.4 Å². The second-order valence-corrected chi connectivity index (χ2v) is 9.28. The molecule has 1 heterocycles. The monoisotopic (exact) mass is 333 g/mol. The van der Waals surface area contributed by atoms with Crippen molar-refractivity contribution in [2.24, 2.45) is 28.1 Å². The normalized spacial score (nSPS) is 39.2. The van der Waals surface area contributed by atoms with Gasteiger partial charge in [-0.05, 0) is 38.0 Å².